The van der Waals surface area contributed by atoms with Gasteiger partial charge in [0.25, 0.3) is 0 Å². The fourth-order valence-electron chi connectivity index (χ4n) is 10.0. The zero-order valence-corrected chi connectivity index (χ0v) is 30.5. The van der Waals surface area contributed by atoms with Gasteiger partial charge in [-0.25, -0.2) is 4.79 Å². The standard InChI is InChI=1S/C45H53N3O4/c1-30-41(28-48(2)27-31-7-4-3-5-8-31)51-43(52-42(30)38-13-11-32(29-49)12-14-38)39-17-15-37(16-18-39)40-10-6-9-33(22-40)26-46-44(50)47-45-23-34-19-35(24-45)21-36(20-34)25-45/h3-18,22,30,34-36,41-43,49H,19-21,23-29H2,1-2H3,(H2,46,47,50)/t30-,34?,35?,36?,41+,42+,43+,45?/m1/s1. The number of rotatable bonds is 11. The molecule has 0 spiro atoms. The number of nitrogens with one attached hydrogen (secondary N) is 2. The molecule has 7 heteroatoms. The molecule has 0 unspecified atom stereocenters. The highest BCUT2D eigenvalue weighted by molar-refractivity contribution is 5.75. The Labute approximate surface area is 308 Å². The molecule has 4 aliphatic carbocycles. The van der Waals surface area contributed by atoms with Gasteiger partial charge in [0.1, 0.15) is 0 Å². The van der Waals surface area contributed by atoms with Gasteiger partial charge < -0.3 is 25.2 Å². The molecule has 4 aromatic rings. The molecule has 4 bridgehead atoms. The second kappa shape index (κ2) is 15.2. The highest BCUT2D eigenvalue weighted by atomic mass is 16.7. The van der Waals surface area contributed by atoms with Gasteiger partial charge in [-0.3, -0.25) is 4.90 Å². The third-order valence-electron chi connectivity index (χ3n) is 12.2. The van der Waals surface area contributed by atoms with E-state index in [4.69, 9.17) is 9.47 Å². The Morgan fingerprint density at radius 1 is 0.769 bits per heavy atom. The number of benzene rings is 4. The van der Waals surface area contributed by atoms with Crippen molar-refractivity contribution >= 4 is 6.03 Å². The molecule has 5 fully saturated rings. The molecular formula is C45H53N3O4. The SMILES string of the molecule is C[C@@H]1[C@H](CN(C)Cc2ccccc2)O[C@H](c2ccc(-c3cccc(CNC(=O)NC45CC6CC(CC(C6)C4)C5)c3)cc2)O[C@@H]1c1ccc(CO)cc1. The summed E-state index contributed by atoms with van der Waals surface area (Å²) in [6.07, 6.45) is 6.81. The minimum atomic E-state index is -0.522. The summed E-state index contributed by atoms with van der Waals surface area (Å²) in [6, 6.07) is 35.5. The van der Waals surface area contributed by atoms with E-state index in [2.05, 4.69) is 114 Å². The quantitative estimate of drug-likeness (QED) is 0.146. The third kappa shape index (κ3) is 7.84. The molecule has 1 aliphatic heterocycles. The summed E-state index contributed by atoms with van der Waals surface area (Å²) in [6.45, 7) is 4.32. The minimum absolute atomic E-state index is 0.00882. The van der Waals surface area contributed by atoms with Crippen molar-refractivity contribution in [3.05, 3.63) is 131 Å². The molecular weight excluding hydrogens is 647 g/mol. The van der Waals surface area contributed by atoms with Gasteiger partial charge in [0.15, 0.2) is 6.29 Å². The molecule has 4 saturated carbocycles. The van der Waals surface area contributed by atoms with Gasteiger partial charge in [-0.05, 0) is 103 Å². The maximum atomic E-state index is 13.1. The van der Waals surface area contributed by atoms with Crippen LogP contribution in [0.5, 0.6) is 0 Å². The second-order valence-electron chi connectivity index (χ2n) is 16.3. The van der Waals surface area contributed by atoms with E-state index in [1.165, 1.54) is 24.8 Å². The van der Waals surface area contributed by atoms with Crippen molar-refractivity contribution in [1.29, 1.82) is 0 Å². The van der Waals surface area contributed by atoms with E-state index in [1.54, 1.807) is 0 Å². The molecule has 2 amide bonds. The molecule has 5 aliphatic rings. The topological polar surface area (TPSA) is 83.1 Å². The van der Waals surface area contributed by atoms with Gasteiger partial charge in [0.05, 0.1) is 18.8 Å². The van der Waals surface area contributed by atoms with Gasteiger partial charge in [0, 0.05) is 36.7 Å². The number of hydrogen-bond donors (Lipinski definition) is 3. The van der Waals surface area contributed by atoms with Crippen molar-refractivity contribution in [3.63, 3.8) is 0 Å². The van der Waals surface area contributed by atoms with Gasteiger partial charge in [0.2, 0.25) is 0 Å². The van der Waals surface area contributed by atoms with Gasteiger partial charge in [-0.15, -0.1) is 0 Å². The average molecular weight is 700 g/mol. The second-order valence-corrected chi connectivity index (χ2v) is 16.3. The van der Waals surface area contributed by atoms with Crippen molar-refractivity contribution in [2.75, 3.05) is 13.6 Å². The van der Waals surface area contributed by atoms with E-state index in [-0.39, 0.29) is 36.3 Å². The van der Waals surface area contributed by atoms with E-state index in [9.17, 15) is 9.90 Å². The molecule has 1 saturated heterocycles. The average Bonchev–Trinajstić information content (AvgIpc) is 3.15. The number of aliphatic hydroxyl groups excluding tert-OH is 1. The Morgan fingerprint density at radius 3 is 2.10 bits per heavy atom. The fraction of sp³-hybridized carbons (Fsp3) is 0.444. The fourth-order valence-corrected chi connectivity index (χ4v) is 10.0. The Balaban J connectivity index is 0.935. The molecule has 52 heavy (non-hydrogen) atoms. The lowest BCUT2D eigenvalue weighted by Gasteiger charge is -2.56. The zero-order chi connectivity index (χ0) is 35.7. The largest absolute Gasteiger partial charge is 0.392 e. The van der Waals surface area contributed by atoms with Crippen molar-refractivity contribution in [3.8, 4) is 11.1 Å². The third-order valence-corrected chi connectivity index (χ3v) is 12.2. The normalized spacial score (nSPS) is 29.3. The molecule has 4 aromatic carbocycles. The highest BCUT2D eigenvalue weighted by Gasteiger charge is 2.51. The summed E-state index contributed by atoms with van der Waals surface area (Å²) in [4.78, 5) is 15.4. The maximum Gasteiger partial charge on any atom is 0.315 e. The summed E-state index contributed by atoms with van der Waals surface area (Å²) in [7, 11) is 2.15. The van der Waals surface area contributed by atoms with E-state index in [1.807, 2.05) is 18.2 Å². The van der Waals surface area contributed by atoms with Crippen LogP contribution in [0, 0.1) is 23.7 Å². The predicted octanol–water partition coefficient (Wildman–Crippen LogP) is 8.54. The van der Waals surface area contributed by atoms with E-state index in [0.717, 1.165) is 83.5 Å². The monoisotopic (exact) mass is 699 g/mol. The van der Waals surface area contributed by atoms with Crippen LogP contribution in [0.2, 0.25) is 0 Å². The number of aliphatic hydroxyl groups is 1. The van der Waals surface area contributed by atoms with E-state index < -0.39 is 6.29 Å². The molecule has 3 N–H and O–H groups in total. The van der Waals surface area contributed by atoms with Crippen LogP contribution in [0.1, 0.15) is 85.7 Å². The van der Waals surface area contributed by atoms with E-state index in [0.29, 0.717) is 6.54 Å². The number of likely N-dealkylation sites (N-methyl/N-ethyl adjacent to an activating group) is 1. The first-order valence-corrected chi connectivity index (χ1v) is 19.3. The number of amides is 2. The molecule has 272 valence electrons. The van der Waals surface area contributed by atoms with Crippen LogP contribution in [-0.2, 0) is 29.2 Å². The first-order valence-electron chi connectivity index (χ1n) is 19.3. The predicted molar refractivity (Wildman–Crippen MR) is 204 cm³/mol. The van der Waals surface area contributed by atoms with Crippen LogP contribution in [0.3, 0.4) is 0 Å². The number of urea groups is 1. The van der Waals surface area contributed by atoms with Crippen LogP contribution in [0.15, 0.2) is 103 Å². The van der Waals surface area contributed by atoms with Crippen molar-refractivity contribution < 1.29 is 19.4 Å². The van der Waals surface area contributed by atoms with Gasteiger partial charge >= 0.3 is 6.03 Å². The van der Waals surface area contributed by atoms with E-state index >= 15 is 0 Å². The van der Waals surface area contributed by atoms with Gasteiger partial charge in [-0.2, -0.15) is 0 Å². The molecule has 4 atom stereocenters. The number of carbonyl (C=O) groups is 1. The van der Waals surface area contributed by atoms with Crippen LogP contribution >= 0.6 is 0 Å². The van der Waals surface area contributed by atoms with Crippen LogP contribution in [0.25, 0.3) is 11.1 Å². The number of nitrogens with zero attached hydrogens (tertiary/aromatic N) is 1. The molecule has 0 radical (unpaired) electrons. The van der Waals surface area contributed by atoms with Crippen LogP contribution in [-0.4, -0.2) is 41.3 Å². The first-order chi connectivity index (χ1) is 25.3. The highest BCUT2D eigenvalue weighted by Crippen LogP contribution is 2.55. The van der Waals surface area contributed by atoms with Gasteiger partial charge in [-0.1, -0.05) is 104 Å². The van der Waals surface area contributed by atoms with Crippen molar-refractivity contribution in [2.24, 2.45) is 23.7 Å². The molecule has 0 aromatic heterocycles. The Morgan fingerprint density at radius 2 is 1.42 bits per heavy atom. The van der Waals surface area contributed by atoms with Crippen molar-refractivity contribution in [2.45, 2.75) is 89.2 Å². The summed E-state index contributed by atoms with van der Waals surface area (Å²) >= 11 is 0. The van der Waals surface area contributed by atoms with Crippen LogP contribution in [0.4, 0.5) is 4.79 Å². The zero-order valence-electron chi connectivity index (χ0n) is 30.5. The summed E-state index contributed by atoms with van der Waals surface area (Å²) < 4.78 is 13.5. The number of hydrogen-bond acceptors (Lipinski definition) is 5. The molecule has 1 heterocycles. The minimum Gasteiger partial charge on any atom is -0.392 e. The lowest BCUT2D eigenvalue weighted by Crippen LogP contribution is -2.61. The number of carbonyl (C=O) groups excluding carboxylic acids is 1. The molecule has 9 rings (SSSR count). The molecule has 7 nitrogen and oxygen atoms in total. The summed E-state index contributed by atoms with van der Waals surface area (Å²) in [5, 5.41) is 16.2. The summed E-state index contributed by atoms with van der Waals surface area (Å²) in [5.74, 6) is 2.51. The maximum absolute atomic E-state index is 13.1. The smallest absolute Gasteiger partial charge is 0.315 e. The first kappa shape index (κ1) is 35.0. The summed E-state index contributed by atoms with van der Waals surface area (Å²) in [5.41, 5.74) is 7.51. The number of ether oxygens (including phenoxy) is 2. The lowest BCUT2D eigenvalue weighted by atomic mass is 9.53. The Kier molecular flexibility index (Phi) is 10.2. The Bertz CT molecular complexity index is 1780. The Hall–Kier alpha value is -4.01. The lowest BCUT2D eigenvalue weighted by molar-refractivity contribution is -0.276. The van der Waals surface area contributed by atoms with Crippen molar-refractivity contribution in [1.82, 2.24) is 15.5 Å². The van der Waals surface area contributed by atoms with Crippen LogP contribution < -0.4 is 10.6 Å².